The molecule has 0 N–H and O–H groups in total. The van der Waals surface area contributed by atoms with Crippen LogP contribution >= 0.6 is 0 Å². The Labute approximate surface area is 110 Å². The number of unbranched alkanes of at least 4 members (excludes halogenated alkanes) is 1. The minimum absolute atomic E-state index is 0.825. The zero-order valence-corrected chi connectivity index (χ0v) is 11.5. The van der Waals surface area contributed by atoms with Gasteiger partial charge < -0.3 is 4.74 Å². The number of benzene rings is 1. The zero-order chi connectivity index (χ0) is 12.8. The van der Waals surface area contributed by atoms with E-state index < -0.39 is 0 Å². The zero-order valence-electron chi connectivity index (χ0n) is 11.5. The van der Waals surface area contributed by atoms with Crippen molar-refractivity contribution in [2.75, 3.05) is 13.2 Å². The molecule has 0 spiro atoms. The second-order valence-electron chi connectivity index (χ2n) is 4.85. The highest BCUT2D eigenvalue weighted by molar-refractivity contribution is 6.02. The molecule has 98 valence electrons. The molecule has 0 aliphatic carbocycles. The third-order valence-corrected chi connectivity index (χ3v) is 3.32. The minimum atomic E-state index is 0.825. The predicted molar refractivity (Wildman–Crippen MR) is 76.9 cm³/mol. The molecule has 1 aromatic carbocycles. The molecule has 0 saturated carbocycles. The van der Waals surface area contributed by atoms with Crippen molar-refractivity contribution in [3.8, 4) is 5.75 Å². The first-order valence-corrected chi connectivity index (χ1v) is 7.14. The second-order valence-corrected chi connectivity index (χ2v) is 4.85. The molecule has 0 unspecified atom stereocenters. The van der Waals surface area contributed by atoms with Crippen LogP contribution < -0.4 is 4.74 Å². The fourth-order valence-corrected chi connectivity index (χ4v) is 2.33. The van der Waals surface area contributed by atoms with Crippen LogP contribution in [0.15, 0.2) is 23.2 Å². The highest BCUT2D eigenvalue weighted by Gasteiger charge is 2.13. The highest BCUT2D eigenvalue weighted by atomic mass is 16.5. The van der Waals surface area contributed by atoms with Crippen molar-refractivity contribution >= 4 is 5.71 Å². The molecule has 1 heterocycles. The van der Waals surface area contributed by atoms with Gasteiger partial charge in [-0.05, 0) is 48.6 Å². The monoisotopic (exact) mass is 245 g/mol. The maximum Gasteiger partial charge on any atom is 0.119 e. The lowest BCUT2D eigenvalue weighted by Gasteiger charge is -2.18. The molecule has 1 aromatic rings. The summed E-state index contributed by atoms with van der Waals surface area (Å²) in [6, 6.07) is 6.48. The van der Waals surface area contributed by atoms with E-state index in [-0.39, 0.29) is 0 Å². The number of fused-ring (bicyclic) bond motifs is 1. The Balaban J connectivity index is 2.10. The summed E-state index contributed by atoms with van der Waals surface area (Å²) in [5.74, 6) is 1.01. The van der Waals surface area contributed by atoms with Crippen LogP contribution in [0.5, 0.6) is 5.75 Å². The summed E-state index contributed by atoms with van der Waals surface area (Å²) in [6.45, 7) is 6.15. The van der Waals surface area contributed by atoms with Crippen molar-refractivity contribution < 1.29 is 4.74 Å². The first-order valence-electron chi connectivity index (χ1n) is 7.14. The third kappa shape index (κ3) is 3.12. The molecule has 2 nitrogen and oxygen atoms in total. The van der Waals surface area contributed by atoms with Gasteiger partial charge in [-0.3, -0.25) is 4.99 Å². The molecular formula is C16H23NO. The fourth-order valence-electron chi connectivity index (χ4n) is 2.33. The van der Waals surface area contributed by atoms with E-state index in [0.29, 0.717) is 0 Å². The molecule has 2 rings (SSSR count). The first-order chi connectivity index (χ1) is 8.85. The van der Waals surface area contributed by atoms with Gasteiger partial charge in [0.1, 0.15) is 5.75 Å². The average Bonchev–Trinajstić information content (AvgIpc) is 2.39. The lowest BCUT2D eigenvalue weighted by atomic mass is 9.95. The number of hydrogen-bond donors (Lipinski definition) is 0. The van der Waals surface area contributed by atoms with Crippen molar-refractivity contribution in [3.05, 3.63) is 29.3 Å². The van der Waals surface area contributed by atoms with Gasteiger partial charge in [0.05, 0.1) is 6.61 Å². The van der Waals surface area contributed by atoms with E-state index in [1.807, 2.05) is 0 Å². The van der Waals surface area contributed by atoms with E-state index in [1.54, 1.807) is 0 Å². The van der Waals surface area contributed by atoms with Crippen molar-refractivity contribution in [1.29, 1.82) is 0 Å². The van der Waals surface area contributed by atoms with Crippen molar-refractivity contribution in [1.82, 2.24) is 0 Å². The van der Waals surface area contributed by atoms with E-state index in [4.69, 9.17) is 4.74 Å². The molecule has 2 heteroatoms. The van der Waals surface area contributed by atoms with Gasteiger partial charge in [0, 0.05) is 12.3 Å². The highest BCUT2D eigenvalue weighted by Crippen LogP contribution is 2.23. The summed E-state index contributed by atoms with van der Waals surface area (Å²) in [4.78, 5) is 4.64. The number of rotatable bonds is 6. The summed E-state index contributed by atoms with van der Waals surface area (Å²) in [5, 5.41) is 0. The number of ether oxygens (including phenoxy) is 1. The molecule has 1 aliphatic rings. The molecule has 0 amide bonds. The number of nitrogens with zero attached hydrogens (tertiary/aromatic N) is 1. The Bertz CT molecular complexity index is 423. The summed E-state index contributed by atoms with van der Waals surface area (Å²) in [6.07, 6.45) is 5.60. The van der Waals surface area contributed by atoms with Crippen LogP contribution in [0.25, 0.3) is 0 Å². The summed E-state index contributed by atoms with van der Waals surface area (Å²) in [5.41, 5.74) is 4.02. The average molecular weight is 245 g/mol. The van der Waals surface area contributed by atoms with Crippen LogP contribution in [-0.4, -0.2) is 18.9 Å². The third-order valence-electron chi connectivity index (χ3n) is 3.32. The van der Waals surface area contributed by atoms with Gasteiger partial charge in [-0.15, -0.1) is 0 Å². The van der Waals surface area contributed by atoms with Crippen LogP contribution in [0.3, 0.4) is 0 Å². The van der Waals surface area contributed by atoms with Crippen molar-refractivity contribution in [2.45, 2.75) is 46.0 Å². The largest absolute Gasteiger partial charge is 0.494 e. The molecule has 0 fully saturated rings. The Morgan fingerprint density at radius 3 is 2.89 bits per heavy atom. The minimum Gasteiger partial charge on any atom is -0.494 e. The molecule has 18 heavy (non-hydrogen) atoms. The molecule has 0 bridgehead atoms. The van der Waals surface area contributed by atoms with Crippen LogP contribution in [0.2, 0.25) is 0 Å². The predicted octanol–water partition coefficient (Wildman–Crippen LogP) is 4.01. The standard InChI is InChI=1S/C16H23NO/c1-3-5-11-18-14-7-8-15-13(12-14)9-10-17-16(15)6-4-2/h7-8,12H,3-6,9-11H2,1-2H3. The van der Waals surface area contributed by atoms with E-state index >= 15 is 0 Å². The summed E-state index contributed by atoms with van der Waals surface area (Å²) in [7, 11) is 0. The number of aliphatic imine (C=N–C) groups is 1. The van der Waals surface area contributed by atoms with Gasteiger partial charge in [0.25, 0.3) is 0 Å². The smallest absolute Gasteiger partial charge is 0.119 e. The van der Waals surface area contributed by atoms with Gasteiger partial charge in [0.15, 0.2) is 0 Å². The Morgan fingerprint density at radius 2 is 2.11 bits per heavy atom. The van der Waals surface area contributed by atoms with Gasteiger partial charge in [-0.25, -0.2) is 0 Å². The SMILES string of the molecule is CCCCOc1ccc2c(c1)CCN=C2CCC. The Morgan fingerprint density at radius 1 is 1.22 bits per heavy atom. The molecule has 0 saturated heterocycles. The van der Waals surface area contributed by atoms with Crippen molar-refractivity contribution in [2.24, 2.45) is 4.99 Å². The maximum atomic E-state index is 5.77. The van der Waals surface area contributed by atoms with E-state index in [0.717, 1.165) is 44.6 Å². The van der Waals surface area contributed by atoms with Gasteiger partial charge in [0.2, 0.25) is 0 Å². The molecule has 0 atom stereocenters. The molecular weight excluding hydrogens is 222 g/mol. The lowest BCUT2D eigenvalue weighted by molar-refractivity contribution is 0.309. The molecule has 0 radical (unpaired) electrons. The van der Waals surface area contributed by atoms with Crippen molar-refractivity contribution in [3.63, 3.8) is 0 Å². The maximum absolute atomic E-state index is 5.77. The Kier molecular flexibility index (Phi) is 4.80. The first kappa shape index (κ1) is 13.1. The molecule has 0 aromatic heterocycles. The van der Waals surface area contributed by atoms with Crippen LogP contribution in [-0.2, 0) is 6.42 Å². The second kappa shape index (κ2) is 6.58. The van der Waals surface area contributed by atoms with E-state index in [1.165, 1.54) is 23.3 Å². The quantitative estimate of drug-likeness (QED) is 0.694. The van der Waals surface area contributed by atoms with E-state index in [2.05, 4.69) is 37.0 Å². The summed E-state index contributed by atoms with van der Waals surface area (Å²) >= 11 is 0. The Hall–Kier alpha value is -1.31. The van der Waals surface area contributed by atoms with Crippen LogP contribution in [0.4, 0.5) is 0 Å². The number of hydrogen-bond acceptors (Lipinski definition) is 2. The topological polar surface area (TPSA) is 21.6 Å². The van der Waals surface area contributed by atoms with Crippen LogP contribution in [0, 0.1) is 0 Å². The lowest BCUT2D eigenvalue weighted by Crippen LogP contribution is -2.13. The molecule has 1 aliphatic heterocycles. The van der Waals surface area contributed by atoms with Gasteiger partial charge in [-0.1, -0.05) is 26.7 Å². The van der Waals surface area contributed by atoms with Gasteiger partial charge >= 0.3 is 0 Å². The van der Waals surface area contributed by atoms with E-state index in [9.17, 15) is 0 Å². The normalized spacial score (nSPS) is 14.0. The summed E-state index contributed by atoms with van der Waals surface area (Å²) < 4.78 is 5.77. The van der Waals surface area contributed by atoms with Crippen LogP contribution in [0.1, 0.15) is 50.7 Å². The fraction of sp³-hybridized carbons (Fsp3) is 0.562. The van der Waals surface area contributed by atoms with Gasteiger partial charge in [-0.2, -0.15) is 0 Å².